The Morgan fingerprint density at radius 3 is 2.33 bits per heavy atom. The average Bonchev–Trinajstić information content (AvgIpc) is 2.80. The minimum Gasteiger partial charge on any atom is -0.421 e. The molecular weight excluding hydrogens is 622 g/mol. The maximum absolute atomic E-state index is 12.5. The summed E-state index contributed by atoms with van der Waals surface area (Å²) < 4.78 is 7.40. The number of carbonyl (C=O) groups excluding carboxylic acids is 3. The molecule has 0 unspecified atom stereocenters. The lowest BCUT2D eigenvalue weighted by Crippen LogP contribution is -2.35. The molecule has 0 aliphatic carbocycles. The molecule has 0 aliphatic heterocycles. The van der Waals surface area contributed by atoms with Crippen LogP contribution in [0.5, 0.6) is 5.75 Å². The lowest BCUT2D eigenvalue weighted by atomic mass is 10.2. The Kier molecular flexibility index (Phi) is 8.93. The van der Waals surface area contributed by atoms with Crippen LogP contribution in [0.15, 0.2) is 85.2 Å². The number of carbonyl (C=O) groups is 3. The van der Waals surface area contributed by atoms with Crippen LogP contribution in [0.2, 0.25) is 0 Å². The molecule has 0 atom stereocenters. The van der Waals surface area contributed by atoms with Gasteiger partial charge in [-0.25, -0.2) is 10.2 Å². The van der Waals surface area contributed by atoms with Crippen molar-refractivity contribution in [1.82, 2.24) is 10.7 Å². The molecule has 3 aromatic carbocycles. The van der Waals surface area contributed by atoms with Crippen molar-refractivity contribution in [2.75, 3.05) is 6.54 Å². The Balaban J connectivity index is 1.64. The predicted molar refractivity (Wildman–Crippen MR) is 135 cm³/mol. The van der Waals surface area contributed by atoms with Crippen LogP contribution in [0.4, 0.5) is 0 Å². The predicted octanol–water partition coefficient (Wildman–Crippen LogP) is 5.07. The normalized spacial score (nSPS) is 10.6. The van der Waals surface area contributed by atoms with Gasteiger partial charge in [-0.05, 0) is 68.3 Å². The number of nitrogens with one attached hydrogen (secondary N) is 2. The molecule has 0 bridgehead atoms. The summed E-state index contributed by atoms with van der Waals surface area (Å²) in [7, 11) is 0. The summed E-state index contributed by atoms with van der Waals surface area (Å²) >= 11 is 10.1. The van der Waals surface area contributed by atoms with Gasteiger partial charge in [0.2, 0.25) is 0 Å². The van der Waals surface area contributed by atoms with Crippen molar-refractivity contribution in [3.63, 3.8) is 0 Å². The fraction of sp³-hybridized carbons (Fsp3) is 0.0435. The maximum Gasteiger partial charge on any atom is 0.343 e. The molecule has 0 heterocycles. The summed E-state index contributed by atoms with van der Waals surface area (Å²) in [5.41, 5.74) is 3.59. The smallest absolute Gasteiger partial charge is 0.343 e. The quantitative estimate of drug-likeness (QED) is 0.164. The summed E-state index contributed by atoms with van der Waals surface area (Å²) in [4.78, 5) is 36.7. The van der Waals surface area contributed by atoms with Crippen LogP contribution >= 0.6 is 47.8 Å². The van der Waals surface area contributed by atoms with Crippen LogP contribution < -0.4 is 15.5 Å². The van der Waals surface area contributed by atoms with E-state index >= 15 is 0 Å². The number of hydrazone groups is 1. The fourth-order valence-electron chi connectivity index (χ4n) is 2.62. The van der Waals surface area contributed by atoms with E-state index in [0.717, 1.165) is 0 Å². The summed E-state index contributed by atoms with van der Waals surface area (Å²) in [6.45, 7) is -0.268. The second-order valence-corrected chi connectivity index (χ2v) is 9.14. The first-order valence-electron chi connectivity index (χ1n) is 9.46. The Bertz CT molecular complexity index is 1220. The number of rotatable bonds is 7. The SMILES string of the molecule is O=C(CNC(=O)c1ccccc1Br)NN=Cc1cc(Br)cc(Br)c1OC(=O)c1ccccc1. The minimum atomic E-state index is -0.535. The van der Waals surface area contributed by atoms with Crippen molar-refractivity contribution in [3.8, 4) is 5.75 Å². The van der Waals surface area contributed by atoms with Crippen molar-refractivity contribution in [2.45, 2.75) is 0 Å². The van der Waals surface area contributed by atoms with Gasteiger partial charge in [0.15, 0.2) is 5.75 Å². The van der Waals surface area contributed by atoms with E-state index < -0.39 is 17.8 Å². The van der Waals surface area contributed by atoms with E-state index in [1.807, 2.05) is 0 Å². The van der Waals surface area contributed by atoms with Gasteiger partial charge in [-0.15, -0.1) is 0 Å². The monoisotopic (exact) mass is 635 g/mol. The molecule has 10 heteroatoms. The highest BCUT2D eigenvalue weighted by atomic mass is 79.9. The lowest BCUT2D eigenvalue weighted by Gasteiger charge is -2.10. The van der Waals surface area contributed by atoms with Gasteiger partial charge in [0.05, 0.1) is 28.4 Å². The van der Waals surface area contributed by atoms with Crippen LogP contribution in [0.3, 0.4) is 0 Å². The Morgan fingerprint density at radius 2 is 1.61 bits per heavy atom. The van der Waals surface area contributed by atoms with E-state index in [4.69, 9.17) is 4.74 Å². The van der Waals surface area contributed by atoms with Gasteiger partial charge in [0.25, 0.3) is 11.8 Å². The molecule has 0 aliphatic rings. The van der Waals surface area contributed by atoms with Crippen LogP contribution in [-0.4, -0.2) is 30.5 Å². The molecule has 7 nitrogen and oxygen atoms in total. The Morgan fingerprint density at radius 1 is 0.909 bits per heavy atom. The van der Waals surface area contributed by atoms with E-state index in [9.17, 15) is 14.4 Å². The Labute approximate surface area is 215 Å². The minimum absolute atomic E-state index is 0.243. The summed E-state index contributed by atoms with van der Waals surface area (Å²) in [6.07, 6.45) is 1.34. The van der Waals surface area contributed by atoms with Gasteiger partial charge in [0.1, 0.15) is 0 Å². The van der Waals surface area contributed by atoms with E-state index in [-0.39, 0.29) is 12.3 Å². The lowest BCUT2D eigenvalue weighted by molar-refractivity contribution is -0.120. The average molecular weight is 638 g/mol. The molecule has 0 spiro atoms. The number of halogens is 3. The third kappa shape index (κ3) is 7.08. The van der Waals surface area contributed by atoms with E-state index in [2.05, 4.69) is 63.6 Å². The molecule has 3 rings (SSSR count). The molecule has 33 heavy (non-hydrogen) atoms. The second-order valence-electron chi connectivity index (χ2n) is 6.52. The van der Waals surface area contributed by atoms with Gasteiger partial charge < -0.3 is 10.1 Å². The second kappa shape index (κ2) is 11.9. The highest BCUT2D eigenvalue weighted by molar-refractivity contribution is 9.11. The topological polar surface area (TPSA) is 96.9 Å². The number of hydrogen-bond donors (Lipinski definition) is 2. The van der Waals surface area contributed by atoms with Crippen molar-refractivity contribution in [1.29, 1.82) is 0 Å². The van der Waals surface area contributed by atoms with Gasteiger partial charge in [-0.1, -0.05) is 46.3 Å². The molecule has 0 fully saturated rings. The first-order chi connectivity index (χ1) is 15.8. The molecule has 0 radical (unpaired) electrons. The molecule has 0 saturated heterocycles. The molecule has 0 saturated carbocycles. The number of ether oxygens (including phenoxy) is 1. The van der Waals surface area contributed by atoms with E-state index in [1.165, 1.54) is 6.21 Å². The van der Waals surface area contributed by atoms with Gasteiger partial charge in [-0.2, -0.15) is 5.10 Å². The van der Waals surface area contributed by atoms with Crippen LogP contribution in [0.25, 0.3) is 0 Å². The van der Waals surface area contributed by atoms with Crippen molar-refractivity contribution < 1.29 is 19.1 Å². The zero-order valence-electron chi connectivity index (χ0n) is 16.8. The van der Waals surface area contributed by atoms with Crippen molar-refractivity contribution in [3.05, 3.63) is 96.8 Å². The number of benzene rings is 3. The first kappa shape index (κ1) is 24.8. The largest absolute Gasteiger partial charge is 0.421 e. The van der Waals surface area contributed by atoms with Crippen molar-refractivity contribution in [2.24, 2.45) is 5.10 Å². The van der Waals surface area contributed by atoms with E-state index in [0.29, 0.717) is 30.1 Å². The van der Waals surface area contributed by atoms with Crippen LogP contribution in [-0.2, 0) is 4.79 Å². The third-order valence-corrected chi connectivity index (χ3v) is 5.90. The highest BCUT2D eigenvalue weighted by Crippen LogP contribution is 2.32. The zero-order valence-corrected chi connectivity index (χ0v) is 21.6. The number of nitrogens with zero attached hydrogens (tertiary/aromatic N) is 1. The summed E-state index contributed by atoms with van der Waals surface area (Å²) in [5.74, 6) is -1.21. The van der Waals surface area contributed by atoms with Gasteiger partial charge in [-0.3, -0.25) is 9.59 Å². The maximum atomic E-state index is 12.5. The third-order valence-electron chi connectivity index (χ3n) is 4.16. The summed E-state index contributed by atoms with van der Waals surface area (Å²) in [5, 5.41) is 6.44. The number of esters is 1. The highest BCUT2D eigenvalue weighted by Gasteiger charge is 2.15. The molecule has 2 amide bonds. The molecule has 168 valence electrons. The summed E-state index contributed by atoms with van der Waals surface area (Å²) in [6, 6.07) is 18.8. The molecule has 2 N–H and O–H groups in total. The van der Waals surface area contributed by atoms with Crippen LogP contribution in [0, 0.1) is 0 Å². The van der Waals surface area contributed by atoms with Crippen LogP contribution in [0.1, 0.15) is 26.3 Å². The number of hydrogen-bond acceptors (Lipinski definition) is 5. The Hall–Kier alpha value is -2.82. The number of amides is 2. The molecular formula is C23H16Br3N3O4. The molecule has 3 aromatic rings. The van der Waals surface area contributed by atoms with Crippen molar-refractivity contribution >= 4 is 71.8 Å². The van der Waals surface area contributed by atoms with Gasteiger partial charge >= 0.3 is 5.97 Å². The standard InChI is InChI=1S/C23H16Br3N3O4/c24-16-10-15(21(19(26)11-16)33-23(32)14-6-2-1-3-7-14)12-28-29-20(30)13-27-22(31)17-8-4-5-9-18(17)25/h1-12H,13H2,(H,27,31)(H,29,30). The van der Waals surface area contributed by atoms with Gasteiger partial charge in [0, 0.05) is 14.5 Å². The van der Waals surface area contributed by atoms with E-state index in [1.54, 1.807) is 66.7 Å². The molecule has 0 aromatic heterocycles. The first-order valence-corrected chi connectivity index (χ1v) is 11.8. The fourth-order valence-corrected chi connectivity index (χ4v) is 4.43. The zero-order chi connectivity index (χ0) is 23.8.